The number of aromatic nitrogens is 4. The van der Waals surface area contributed by atoms with Crippen molar-refractivity contribution in [2.45, 2.75) is 42.1 Å². The van der Waals surface area contributed by atoms with Crippen molar-refractivity contribution >= 4 is 63.1 Å². The number of carbonyl (C=O) groups excluding carboxylic acids is 2. The molecule has 4 N–H and O–H groups in total. The molecule has 0 bridgehead atoms. The number of oxime groups is 1. The van der Waals surface area contributed by atoms with Crippen LogP contribution in [0.15, 0.2) is 51.7 Å². The summed E-state index contributed by atoms with van der Waals surface area (Å²) in [6.07, 6.45) is 6.96. The van der Waals surface area contributed by atoms with E-state index in [1.54, 1.807) is 5.41 Å². The Bertz CT molecular complexity index is 1490. The maximum Gasteiger partial charge on any atom is 0.353 e. The topological polar surface area (TPSA) is 209 Å². The molecule has 3 atom stereocenters. The van der Waals surface area contributed by atoms with E-state index in [0.717, 1.165) is 53.4 Å². The van der Waals surface area contributed by atoms with E-state index in [4.69, 9.17) is 10.6 Å². The number of carbonyl (C=O) groups is 3. The van der Waals surface area contributed by atoms with Gasteiger partial charge in [-0.15, -0.1) is 5.10 Å². The number of nitrogens with two attached hydrogens (primary N) is 1. The summed E-state index contributed by atoms with van der Waals surface area (Å²) < 4.78 is 17.1. The van der Waals surface area contributed by atoms with Gasteiger partial charge in [-0.25, -0.2) is 4.79 Å². The van der Waals surface area contributed by atoms with Crippen LogP contribution in [0.5, 0.6) is 0 Å². The maximum atomic E-state index is 13.2. The molecule has 2 amide bonds. The van der Waals surface area contributed by atoms with Crippen LogP contribution < -0.4 is 11.1 Å². The molecule has 1 saturated heterocycles. The number of thioether (sulfide) groups is 1. The first-order valence-electron chi connectivity index (χ1n) is 12.3. The van der Waals surface area contributed by atoms with Gasteiger partial charge in [-0.1, -0.05) is 29.6 Å². The fourth-order valence-electron chi connectivity index (χ4n) is 4.53. The molecule has 5 rings (SSSR count). The van der Waals surface area contributed by atoms with Crippen molar-refractivity contribution in [3.8, 4) is 0 Å². The van der Waals surface area contributed by atoms with Crippen molar-refractivity contribution in [3.63, 3.8) is 0 Å². The second-order valence-corrected chi connectivity index (χ2v) is 12.3. The van der Waals surface area contributed by atoms with Crippen LogP contribution in [0, 0.1) is 0 Å². The number of anilines is 1. The molecular weight excluding hydrogens is 593 g/mol. The molecule has 1 aliphatic carbocycles. The van der Waals surface area contributed by atoms with Gasteiger partial charge >= 0.3 is 5.97 Å². The smallest absolute Gasteiger partial charge is 0.353 e. The first-order chi connectivity index (χ1) is 19.8. The average Bonchev–Trinajstić information content (AvgIpc) is 3.39. The lowest BCUT2D eigenvalue weighted by Crippen LogP contribution is -2.75. The fraction of sp³-hybridized carbons (Fsp3) is 0.333. The molecule has 2 aromatic heterocycles. The van der Waals surface area contributed by atoms with Crippen LogP contribution in [0.2, 0.25) is 0 Å². The van der Waals surface area contributed by atoms with Crippen molar-refractivity contribution in [1.82, 2.24) is 29.8 Å². The highest BCUT2D eigenvalue weighted by Crippen LogP contribution is 2.37. The predicted molar refractivity (Wildman–Crippen MR) is 151 cm³/mol. The first kappa shape index (κ1) is 28.7. The van der Waals surface area contributed by atoms with Gasteiger partial charge in [-0.3, -0.25) is 14.5 Å². The molecule has 0 saturated carbocycles. The number of nitrogen functional groups attached to an aromatic ring is 1. The maximum absolute atomic E-state index is 13.2. The Morgan fingerprint density at radius 1 is 1.39 bits per heavy atom. The Morgan fingerprint density at radius 3 is 2.93 bits per heavy atom. The lowest BCUT2D eigenvalue weighted by atomic mass is 9.97. The van der Waals surface area contributed by atoms with Crippen LogP contribution in [0.25, 0.3) is 0 Å². The number of aliphatic carboxylic acids is 1. The van der Waals surface area contributed by atoms with Crippen LogP contribution in [0.3, 0.4) is 0 Å². The van der Waals surface area contributed by atoms with E-state index in [0.29, 0.717) is 5.03 Å². The molecular formula is C24H24N8O6S3. The number of amides is 2. The fourth-order valence-corrected chi connectivity index (χ4v) is 7.27. The number of carboxylic acids is 1. The minimum Gasteiger partial charge on any atom is -0.614 e. The number of nitrogens with one attached hydrogen (secondary N) is 1. The van der Waals surface area contributed by atoms with E-state index < -0.39 is 40.4 Å². The molecule has 0 aromatic carbocycles. The molecule has 0 radical (unpaired) electrons. The molecule has 1 fully saturated rings. The highest BCUT2D eigenvalue weighted by Gasteiger charge is 2.61. The number of hydrogen-bond donors (Lipinski definition) is 3. The molecule has 3 aliphatic rings. The summed E-state index contributed by atoms with van der Waals surface area (Å²) in [4.78, 5) is 48.2. The van der Waals surface area contributed by atoms with Gasteiger partial charge in [0.05, 0.1) is 5.69 Å². The lowest BCUT2D eigenvalue weighted by molar-refractivity contribution is -0.150. The van der Waals surface area contributed by atoms with E-state index in [-0.39, 0.29) is 40.3 Å². The predicted octanol–water partition coefficient (Wildman–Crippen LogP) is 0.756. The number of carboxylic acid groups (broad SMARTS) is 1. The minimum absolute atomic E-state index is 0.0143. The third-order valence-electron chi connectivity index (χ3n) is 6.37. The monoisotopic (exact) mass is 616 g/mol. The number of hydrogen-bond acceptors (Lipinski definition) is 13. The van der Waals surface area contributed by atoms with E-state index in [1.807, 2.05) is 6.07 Å². The summed E-state index contributed by atoms with van der Waals surface area (Å²) in [5.74, 6) is -3.23. The third kappa shape index (κ3) is 5.97. The normalized spacial score (nSPS) is 22.2. The summed E-state index contributed by atoms with van der Waals surface area (Å²) >= 11 is 0.356. The number of β-lactam (4-membered cyclic amide) rings is 1. The molecule has 14 nitrogen and oxygen atoms in total. The molecule has 0 spiro atoms. The number of rotatable bonds is 10. The van der Waals surface area contributed by atoms with Crippen LogP contribution in [0.4, 0.5) is 5.13 Å². The molecule has 41 heavy (non-hydrogen) atoms. The lowest BCUT2D eigenvalue weighted by Gasteiger charge is -2.48. The van der Waals surface area contributed by atoms with Crippen molar-refractivity contribution < 1.29 is 28.9 Å². The zero-order valence-corrected chi connectivity index (χ0v) is 23.8. The van der Waals surface area contributed by atoms with Gasteiger partial charge in [0.25, 0.3) is 11.8 Å². The Hall–Kier alpha value is -3.80. The highest BCUT2D eigenvalue weighted by atomic mass is 32.2. The van der Waals surface area contributed by atoms with E-state index in [1.165, 1.54) is 23.9 Å². The standard InChI is InChI=1S/C24H24N8O6S3/c1-2-8-38-30-16(19-27-24(25)40-31-19)20(33)26-17-21(34)32-18(23(35)36)13(11-41(37)22(17)32)7-9-39-15-10-12-5-3-4-6-14(12)28-29-15/h2,7,9-10,17,22H,1,3-6,8,11H2,(H,26,33)(H,35,36)(H2,25,27,31)/b9-7+,30-16-/t17?,22-,41?/m1/s1. The average molecular weight is 617 g/mol. The van der Waals surface area contributed by atoms with Gasteiger partial charge in [0.2, 0.25) is 16.9 Å². The zero-order valence-electron chi connectivity index (χ0n) is 21.4. The van der Waals surface area contributed by atoms with Gasteiger partial charge in [-0.05, 0) is 60.0 Å². The van der Waals surface area contributed by atoms with E-state index >= 15 is 0 Å². The molecule has 17 heteroatoms. The summed E-state index contributed by atoms with van der Waals surface area (Å²) in [6.45, 7) is 3.48. The summed E-state index contributed by atoms with van der Waals surface area (Å²) in [5, 5.41) is 25.9. The highest BCUT2D eigenvalue weighted by molar-refractivity contribution is 8.02. The Balaban J connectivity index is 1.32. The number of aryl methyl sites for hydroxylation is 2. The van der Waals surface area contributed by atoms with Gasteiger partial charge in [0, 0.05) is 17.1 Å². The SMILES string of the molecule is C=CCO/N=C(\C(=O)NC1C(=O)N2C(C(=O)O)=C(/C=C/Sc3cc4c(nn3)CCCC4)C[S+]([O-])[C@H]12)c1nsc(N)n1. The van der Waals surface area contributed by atoms with Crippen molar-refractivity contribution in [2.75, 3.05) is 18.1 Å². The van der Waals surface area contributed by atoms with Crippen LogP contribution in [0.1, 0.15) is 29.9 Å². The largest absolute Gasteiger partial charge is 0.614 e. The number of nitrogens with zero attached hydrogens (tertiary/aromatic N) is 6. The number of fused-ring (bicyclic) bond motifs is 2. The van der Waals surface area contributed by atoms with Crippen LogP contribution in [-0.4, -0.2) is 81.4 Å². The van der Waals surface area contributed by atoms with Crippen molar-refractivity contribution in [1.29, 1.82) is 0 Å². The molecule has 214 valence electrons. The quantitative estimate of drug-likeness (QED) is 0.0643. The van der Waals surface area contributed by atoms with Gasteiger partial charge in [0.1, 0.15) is 23.1 Å². The summed E-state index contributed by atoms with van der Waals surface area (Å²) in [6, 6.07) is 0.712. The molecule has 4 heterocycles. The van der Waals surface area contributed by atoms with Gasteiger partial charge in [-0.2, -0.15) is 14.5 Å². The zero-order chi connectivity index (χ0) is 29.1. The van der Waals surface area contributed by atoms with Gasteiger partial charge < -0.3 is 25.5 Å². The summed E-state index contributed by atoms with van der Waals surface area (Å²) in [7, 11) is 0. The van der Waals surface area contributed by atoms with Crippen LogP contribution in [-0.2, 0) is 43.2 Å². The second kappa shape index (κ2) is 12.4. The Labute approximate surface area is 245 Å². The molecule has 2 unspecified atom stereocenters. The summed E-state index contributed by atoms with van der Waals surface area (Å²) in [5.41, 5.74) is 7.34. The van der Waals surface area contributed by atoms with E-state index in [2.05, 4.69) is 36.6 Å². The Kier molecular flexibility index (Phi) is 8.67. The third-order valence-corrected chi connectivity index (χ3v) is 9.24. The number of allylic oxidation sites excluding steroid dienone is 1. The van der Waals surface area contributed by atoms with E-state index in [9.17, 15) is 24.0 Å². The second-order valence-electron chi connectivity index (χ2n) is 9.02. The van der Waals surface area contributed by atoms with Crippen molar-refractivity contribution in [2.24, 2.45) is 5.16 Å². The van der Waals surface area contributed by atoms with Crippen molar-refractivity contribution in [3.05, 3.63) is 58.6 Å². The van der Waals surface area contributed by atoms with Gasteiger partial charge in [0.15, 0.2) is 11.2 Å². The minimum atomic E-state index is -1.73. The Morgan fingerprint density at radius 2 is 2.20 bits per heavy atom. The molecule has 2 aromatic rings. The molecule has 2 aliphatic heterocycles. The van der Waals surface area contributed by atoms with Crippen LogP contribution >= 0.6 is 23.3 Å². The first-order valence-corrected chi connectivity index (χ1v) is 15.4.